The van der Waals surface area contributed by atoms with Gasteiger partial charge >= 0.3 is 5.97 Å². The Morgan fingerprint density at radius 3 is 2.35 bits per heavy atom. The SMILES string of the molecule is COc1cc(C(=O)OCCOc2ccccc2F)c([N+](=O)[O-])cc1OC. The van der Waals surface area contributed by atoms with Crippen molar-refractivity contribution in [2.24, 2.45) is 0 Å². The molecule has 9 heteroatoms. The van der Waals surface area contributed by atoms with Gasteiger partial charge in [0.25, 0.3) is 5.69 Å². The van der Waals surface area contributed by atoms with Gasteiger partial charge in [0.05, 0.1) is 25.2 Å². The van der Waals surface area contributed by atoms with E-state index in [2.05, 4.69) is 0 Å². The minimum absolute atomic E-state index is 0.0145. The second-order valence-electron chi connectivity index (χ2n) is 4.90. The van der Waals surface area contributed by atoms with Gasteiger partial charge in [-0.15, -0.1) is 0 Å². The first-order valence-corrected chi connectivity index (χ1v) is 7.42. The van der Waals surface area contributed by atoms with E-state index in [0.717, 1.165) is 12.1 Å². The number of hydrogen-bond acceptors (Lipinski definition) is 7. The molecule has 26 heavy (non-hydrogen) atoms. The number of para-hydroxylation sites is 1. The fourth-order valence-corrected chi connectivity index (χ4v) is 2.11. The Labute approximate surface area is 148 Å². The molecule has 0 atom stereocenters. The van der Waals surface area contributed by atoms with Gasteiger partial charge in [-0.25, -0.2) is 9.18 Å². The first kappa shape index (κ1) is 19.0. The quantitative estimate of drug-likeness (QED) is 0.307. The summed E-state index contributed by atoms with van der Waals surface area (Å²) in [7, 11) is 2.65. The molecule has 0 aliphatic rings. The summed E-state index contributed by atoms with van der Waals surface area (Å²) in [6.07, 6.45) is 0. The molecule has 0 unspecified atom stereocenters. The number of carbonyl (C=O) groups excluding carboxylic acids is 1. The lowest BCUT2D eigenvalue weighted by Crippen LogP contribution is -2.14. The molecule has 0 amide bonds. The summed E-state index contributed by atoms with van der Waals surface area (Å²) < 4.78 is 33.5. The van der Waals surface area contributed by atoms with Crippen LogP contribution in [0.1, 0.15) is 10.4 Å². The zero-order valence-electron chi connectivity index (χ0n) is 14.1. The zero-order chi connectivity index (χ0) is 19.1. The predicted molar refractivity (Wildman–Crippen MR) is 88.4 cm³/mol. The average molecular weight is 365 g/mol. The number of halogens is 1. The van der Waals surface area contributed by atoms with Crippen LogP contribution in [0.25, 0.3) is 0 Å². The Morgan fingerprint density at radius 2 is 1.73 bits per heavy atom. The van der Waals surface area contributed by atoms with Crippen molar-refractivity contribution in [2.75, 3.05) is 27.4 Å². The third-order valence-corrected chi connectivity index (χ3v) is 3.33. The van der Waals surface area contributed by atoms with Crippen molar-refractivity contribution in [3.05, 3.63) is 57.9 Å². The lowest BCUT2D eigenvalue weighted by molar-refractivity contribution is -0.385. The maximum atomic E-state index is 13.4. The molecule has 0 saturated carbocycles. The van der Waals surface area contributed by atoms with Crippen LogP contribution in [0.4, 0.5) is 10.1 Å². The number of nitro benzene ring substituents is 1. The summed E-state index contributed by atoms with van der Waals surface area (Å²) in [5.41, 5.74) is -0.777. The molecule has 2 rings (SSSR count). The largest absolute Gasteiger partial charge is 0.493 e. The third kappa shape index (κ3) is 4.38. The van der Waals surface area contributed by atoms with E-state index in [9.17, 15) is 19.3 Å². The fraction of sp³-hybridized carbons (Fsp3) is 0.235. The van der Waals surface area contributed by atoms with Crippen LogP contribution in [-0.2, 0) is 4.74 Å². The molecule has 0 fully saturated rings. The number of nitrogens with zero attached hydrogens (tertiary/aromatic N) is 1. The van der Waals surface area contributed by atoms with Gasteiger partial charge in [-0.05, 0) is 12.1 Å². The van der Waals surface area contributed by atoms with Gasteiger partial charge in [0.15, 0.2) is 23.1 Å². The molecule has 138 valence electrons. The summed E-state index contributed by atoms with van der Waals surface area (Å²) in [5, 5.41) is 11.2. The number of hydrogen-bond donors (Lipinski definition) is 0. The van der Waals surface area contributed by atoms with Gasteiger partial charge in [-0.2, -0.15) is 0 Å². The van der Waals surface area contributed by atoms with E-state index in [0.29, 0.717) is 0 Å². The standard InChI is InChI=1S/C17H16FNO7/c1-23-15-9-11(13(19(21)22)10-16(15)24-2)17(20)26-8-7-25-14-6-4-3-5-12(14)18/h3-6,9-10H,7-8H2,1-2H3. The lowest BCUT2D eigenvalue weighted by atomic mass is 10.1. The summed E-state index contributed by atoms with van der Waals surface area (Å²) in [5.74, 6) is -1.21. The number of nitro groups is 1. The number of rotatable bonds is 8. The smallest absolute Gasteiger partial charge is 0.345 e. The fourth-order valence-electron chi connectivity index (χ4n) is 2.11. The summed E-state index contributed by atoms with van der Waals surface area (Å²) in [4.78, 5) is 22.6. The van der Waals surface area contributed by atoms with E-state index in [1.165, 1.54) is 32.4 Å². The van der Waals surface area contributed by atoms with E-state index >= 15 is 0 Å². The topological polar surface area (TPSA) is 97.1 Å². The number of ether oxygens (including phenoxy) is 4. The summed E-state index contributed by atoms with van der Waals surface area (Å²) >= 11 is 0. The highest BCUT2D eigenvalue weighted by Crippen LogP contribution is 2.34. The number of benzene rings is 2. The van der Waals surface area contributed by atoms with Crippen LogP contribution >= 0.6 is 0 Å². The van der Waals surface area contributed by atoms with Gasteiger partial charge in [-0.1, -0.05) is 12.1 Å². The molecule has 0 aromatic heterocycles. The highest BCUT2D eigenvalue weighted by atomic mass is 19.1. The summed E-state index contributed by atoms with van der Waals surface area (Å²) in [6.45, 7) is -0.341. The molecule has 0 N–H and O–H groups in total. The van der Waals surface area contributed by atoms with Gasteiger partial charge in [0.1, 0.15) is 18.8 Å². The molecule has 2 aromatic carbocycles. The van der Waals surface area contributed by atoms with E-state index in [4.69, 9.17) is 18.9 Å². The van der Waals surface area contributed by atoms with Gasteiger partial charge in [0.2, 0.25) is 0 Å². The number of carbonyl (C=O) groups is 1. The first-order chi connectivity index (χ1) is 12.5. The third-order valence-electron chi connectivity index (χ3n) is 3.33. The van der Waals surface area contributed by atoms with Gasteiger partial charge in [0, 0.05) is 6.07 Å². The molecule has 2 aromatic rings. The Balaban J connectivity index is 2.06. The minimum Gasteiger partial charge on any atom is -0.493 e. The van der Waals surface area contributed by atoms with Crippen molar-refractivity contribution in [1.29, 1.82) is 0 Å². The lowest BCUT2D eigenvalue weighted by Gasteiger charge is -2.11. The minimum atomic E-state index is -0.935. The number of methoxy groups -OCH3 is 2. The second-order valence-corrected chi connectivity index (χ2v) is 4.90. The molecule has 0 aliphatic heterocycles. The van der Waals surface area contributed by atoms with Crippen LogP contribution in [0, 0.1) is 15.9 Å². The molecule has 8 nitrogen and oxygen atoms in total. The Hall–Kier alpha value is -3.36. The maximum Gasteiger partial charge on any atom is 0.345 e. The molecular weight excluding hydrogens is 349 g/mol. The van der Waals surface area contributed by atoms with E-state index in [1.807, 2.05) is 0 Å². The monoisotopic (exact) mass is 365 g/mol. The molecule has 0 aliphatic carbocycles. The van der Waals surface area contributed by atoms with Gasteiger partial charge in [-0.3, -0.25) is 10.1 Å². The highest BCUT2D eigenvalue weighted by Gasteiger charge is 2.25. The Bertz CT molecular complexity index is 810. The van der Waals surface area contributed by atoms with Crippen molar-refractivity contribution in [1.82, 2.24) is 0 Å². The normalized spacial score (nSPS) is 10.1. The number of esters is 1. The molecule has 0 spiro atoms. The van der Waals surface area contributed by atoms with Crippen LogP contribution in [0.5, 0.6) is 17.2 Å². The second kappa shape index (κ2) is 8.65. The van der Waals surface area contributed by atoms with Crippen molar-refractivity contribution in [2.45, 2.75) is 0 Å². The Morgan fingerprint density at radius 1 is 1.08 bits per heavy atom. The van der Waals surface area contributed by atoms with Crippen LogP contribution in [0.2, 0.25) is 0 Å². The van der Waals surface area contributed by atoms with E-state index in [1.54, 1.807) is 6.07 Å². The van der Waals surface area contributed by atoms with Crippen molar-refractivity contribution in [3.63, 3.8) is 0 Å². The molecule has 0 saturated heterocycles. The molecule has 0 bridgehead atoms. The average Bonchev–Trinajstić information content (AvgIpc) is 2.65. The van der Waals surface area contributed by atoms with Crippen molar-refractivity contribution >= 4 is 11.7 Å². The molecule has 0 heterocycles. The van der Waals surface area contributed by atoms with Crippen LogP contribution in [-0.4, -0.2) is 38.3 Å². The van der Waals surface area contributed by atoms with Gasteiger partial charge < -0.3 is 18.9 Å². The maximum absolute atomic E-state index is 13.4. The molecule has 0 radical (unpaired) electrons. The van der Waals surface area contributed by atoms with Crippen molar-refractivity contribution in [3.8, 4) is 17.2 Å². The predicted octanol–water partition coefficient (Wildman–Crippen LogP) is 2.99. The van der Waals surface area contributed by atoms with E-state index in [-0.39, 0.29) is 36.0 Å². The van der Waals surface area contributed by atoms with Crippen LogP contribution in [0.15, 0.2) is 36.4 Å². The Kier molecular flexibility index (Phi) is 6.31. The first-order valence-electron chi connectivity index (χ1n) is 7.42. The molecular formula is C17H16FNO7. The highest BCUT2D eigenvalue weighted by molar-refractivity contribution is 5.95. The summed E-state index contributed by atoms with van der Waals surface area (Å²) in [6, 6.07) is 8.00. The van der Waals surface area contributed by atoms with Crippen molar-refractivity contribution < 1.29 is 33.1 Å². The van der Waals surface area contributed by atoms with Crippen LogP contribution in [0.3, 0.4) is 0 Å². The van der Waals surface area contributed by atoms with E-state index < -0.39 is 22.4 Å². The van der Waals surface area contributed by atoms with Crippen LogP contribution < -0.4 is 14.2 Å². The zero-order valence-corrected chi connectivity index (χ0v) is 14.1.